The summed E-state index contributed by atoms with van der Waals surface area (Å²) in [5.41, 5.74) is 0. The molecule has 0 aromatic carbocycles. The van der Waals surface area contributed by atoms with Gasteiger partial charge in [0.05, 0.1) is 0 Å². The summed E-state index contributed by atoms with van der Waals surface area (Å²) >= 11 is 0. The van der Waals surface area contributed by atoms with Crippen molar-refractivity contribution in [2.24, 2.45) is 4.99 Å². The Morgan fingerprint density at radius 3 is 1.92 bits per heavy atom. The van der Waals surface area contributed by atoms with E-state index < -0.39 is 20.7 Å². The van der Waals surface area contributed by atoms with Crippen LogP contribution in [0.1, 0.15) is 6.92 Å². The highest BCUT2D eigenvalue weighted by Crippen LogP contribution is 2.60. The van der Waals surface area contributed by atoms with E-state index in [4.69, 9.17) is 24.5 Å². The standard InChI is InChI=1S/C3H9NO6P2/c1-2-4-3(11(5,6)7)12(8,9)10/h5-7H,2H2,1H3,(H-,8,9,10)/p+1. The fourth-order valence-electron chi connectivity index (χ4n) is 0.503. The molecule has 0 atom stereocenters. The molecule has 7 nitrogen and oxygen atoms in total. The monoisotopic (exact) mass is 218 g/mol. The normalized spacial score (nSPS) is 15.0. The van der Waals surface area contributed by atoms with Crippen molar-refractivity contribution in [1.29, 1.82) is 0 Å². The molecular formula is C3H10NO6P2+. The quantitative estimate of drug-likeness (QED) is 0.314. The predicted octanol–water partition coefficient (Wildman–Crippen LogP) is -0.720. The van der Waals surface area contributed by atoms with Gasteiger partial charge in [-0.1, -0.05) is 0 Å². The van der Waals surface area contributed by atoms with Crippen molar-refractivity contribution in [2.75, 3.05) is 6.54 Å². The van der Waals surface area contributed by atoms with Gasteiger partial charge in [0.1, 0.15) is 0 Å². The van der Waals surface area contributed by atoms with E-state index in [0.717, 1.165) is 0 Å². The number of hydrogen-bond acceptors (Lipinski definition) is 5. The molecule has 0 aromatic rings. The van der Waals surface area contributed by atoms with Crippen LogP contribution in [0, 0.1) is 0 Å². The predicted molar refractivity (Wildman–Crippen MR) is 43.6 cm³/mol. The molecule has 0 heterocycles. The molecule has 0 aliphatic rings. The lowest BCUT2D eigenvalue weighted by Crippen LogP contribution is -2.06. The molecule has 0 bridgehead atoms. The van der Waals surface area contributed by atoms with E-state index in [1.54, 1.807) is 0 Å². The topological polar surface area (TPSA) is 131 Å². The summed E-state index contributed by atoms with van der Waals surface area (Å²) in [7, 11) is -9.54. The maximum absolute atomic E-state index is 10.5. The minimum absolute atomic E-state index is 0.0517. The molecule has 0 saturated carbocycles. The van der Waals surface area contributed by atoms with Crippen molar-refractivity contribution < 1.29 is 29.0 Å². The Hall–Kier alpha value is 0.130. The van der Waals surface area contributed by atoms with Crippen LogP contribution < -0.4 is 0 Å². The van der Waals surface area contributed by atoms with Gasteiger partial charge < -0.3 is 9.79 Å². The van der Waals surface area contributed by atoms with Crippen molar-refractivity contribution in [3.63, 3.8) is 0 Å². The Balaban J connectivity index is 4.97. The molecule has 0 rings (SSSR count). The summed E-state index contributed by atoms with van der Waals surface area (Å²) in [4.78, 5) is 45.7. The summed E-state index contributed by atoms with van der Waals surface area (Å²) in [6.45, 7) is 1.38. The van der Waals surface area contributed by atoms with Crippen LogP contribution in [0.2, 0.25) is 0 Å². The fourth-order valence-corrected chi connectivity index (χ4v) is 2.56. The molecule has 0 aromatic heterocycles. The average molecular weight is 218 g/mol. The van der Waals surface area contributed by atoms with Gasteiger partial charge in [-0.25, -0.2) is 9.56 Å². The zero-order chi connectivity index (χ0) is 9.99. The van der Waals surface area contributed by atoms with Crippen LogP contribution in [0.3, 0.4) is 0 Å². The van der Waals surface area contributed by atoms with E-state index in [9.17, 15) is 4.57 Å². The first-order valence-electron chi connectivity index (χ1n) is 2.88. The van der Waals surface area contributed by atoms with Gasteiger partial charge in [-0.05, 0) is 6.92 Å². The fraction of sp³-hybridized carbons (Fsp3) is 0.667. The zero-order valence-electron chi connectivity index (χ0n) is 6.19. The van der Waals surface area contributed by atoms with E-state index in [-0.39, 0.29) is 6.54 Å². The smallest absolute Gasteiger partial charge is 0.317 e. The van der Waals surface area contributed by atoms with E-state index >= 15 is 0 Å². The Morgan fingerprint density at radius 2 is 1.83 bits per heavy atom. The van der Waals surface area contributed by atoms with Crippen molar-refractivity contribution >= 4 is 20.7 Å². The third kappa shape index (κ3) is 3.69. The van der Waals surface area contributed by atoms with E-state index in [0.29, 0.717) is 0 Å². The van der Waals surface area contributed by atoms with Crippen LogP contribution in [0.15, 0.2) is 4.99 Å². The van der Waals surface area contributed by atoms with E-state index in [2.05, 4.69) is 4.99 Å². The lowest BCUT2D eigenvalue weighted by Gasteiger charge is -2.06. The van der Waals surface area contributed by atoms with Crippen molar-refractivity contribution in [3.8, 4) is 0 Å². The molecule has 0 saturated heterocycles. The van der Waals surface area contributed by atoms with Crippen LogP contribution in [0.5, 0.6) is 0 Å². The summed E-state index contributed by atoms with van der Waals surface area (Å²) in [6, 6.07) is 0. The first kappa shape index (κ1) is 12.1. The van der Waals surface area contributed by atoms with Crippen LogP contribution in [0.25, 0.3) is 0 Å². The number of nitrogens with zero attached hydrogens (tertiary/aromatic N) is 1. The van der Waals surface area contributed by atoms with Gasteiger partial charge in [-0.2, -0.15) is 14.7 Å². The second-order valence-corrected chi connectivity index (χ2v) is 5.31. The van der Waals surface area contributed by atoms with Crippen LogP contribution >= 0.6 is 15.5 Å². The highest BCUT2D eigenvalue weighted by Gasteiger charge is 2.51. The van der Waals surface area contributed by atoms with Gasteiger partial charge >= 0.3 is 20.7 Å². The largest absolute Gasteiger partial charge is 0.469 e. The Bertz CT molecular complexity index is 225. The molecule has 72 valence electrons. The van der Waals surface area contributed by atoms with Crippen molar-refractivity contribution in [1.82, 2.24) is 0 Å². The van der Waals surface area contributed by atoms with Crippen LogP contribution in [-0.2, 0) is 4.57 Å². The van der Waals surface area contributed by atoms with Crippen LogP contribution in [-0.4, -0.2) is 36.2 Å². The molecule has 0 unspecified atom stereocenters. The second kappa shape index (κ2) is 3.89. The molecule has 0 aliphatic carbocycles. The number of hydrogen-bond donors (Lipinski definition) is 5. The van der Waals surface area contributed by atoms with Gasteiger partial charge in [-0.15, -0.1) is 0 Å². The highest BCUT2D eigenvalue weighted by atomic mass is 31.3. The maximum atomic E-state index is 10.5. The second-order valence-electron chi connectivity index (χ2n) is 1.89. The third-order valence-corrected chi connectivity index (χ3v) is 3.76. The lowest BCUT2D eigenvalue weighted by molar-refractivity contribution is 0.348. The van der Waals surface area contributed by atoms with Crippen LogP contribution in [0.4, 0.5) is 0 Å². The molecular weight excluding hydrogens is 208 g/mol. The Morgan fingerprint density at radius 1 is 1.42 bits per heavy atom. The van der Waals surface area contributed by atoms with E-state index in [1.807, 2.05) is 0 Å². The van der Waals surface area contributed by atoms with Gasteiger partial charge in [0, 0.05) is 6.54 Å². The van der Waals surface area contributed by atoms with Crippen molar-refractivity contribution in [3.05, 3.63) is 0 Å². The SMILES string of the molecule is CCN=C(P(=O)(O)O)[P+](O)(O)O. The molecule has 0 fully saturated rings. The molecule has 12 heavy (non-hydrogen) atoms. The average Bonchev–Trinajstić information content (AvgIpc) is 1.77. The van der Waals surface area contributed by atoms with Gasteiger partial charge in [-0.3, -0.25) is 0 Å². The molecule has 9 heteroatoms. The Labute approximate surface area is 69.1 Å². The van der Waals surface area contributed by atoms with Crippen molar-refractivity contribution in [2.45, 2.75) is 6.92 Å². The third-order valence-electron chi connectivity index (χ3n) is 0.828. The van der Waals surface area contributed by atoms with Gasteiger partial charge in [0.25, 0.3) is 0 Å². The van der Waals surface area contributed by atoms with Gasteiger partial charge in [0.2, 0.25) is 0 Å². The molecule has 0 radical (unpaired) electrons. The zero-order valence-corrected chi connectivity index (χ0v) is 7.98. The first-order chi connectivity index (χ1) is 5.19. The number of rotatable bonds is 3. The summed E-state index contributed by atoms with van der Waals surface area (Å²) in [5, 5.41) is -1.24. The van der Waals surface area contributed by atoms with E-state index in [1.165, 1.54) is 6.92 Å². The maximum Gasteiger partial charge on any atom is 0.469 e. The summed E-state index contributed by atoms with van der Waals surface area (Å²) in [6.07, 6.45) is 0. The lowest BCUT2D eigenvalue weighted by atomic mass is 10.8. The molecule has 0 aliphatic heterocycles. The van der Waals surface area contributed by atoms with Gasteiger partial charge in [0.15, 0.2) is 0 Å². The molecule has 0 amide bonds. The first-order valence-corrected chi connectivity index (χ1v) is 6.14. The summed E-state index contributed by atoms with van der Waals surface area (Å²) in [5.74, 6) is 0. The minimum atomic E-state index is -4.86. The summed E-state index contributed by atoms with van der Waals surface area (Å²) < 4.78 is 10.5. The molecule has 5 N–H and O–H groups in total. The highest BCUT2D eigenvalue weighted by molar-refractivity contribution is 8.00. The number of aliphatic imine (C=N–C) groups is 1. The molecule has 0 spiro atoms. The Kier molecular flexibility index (Phi) is 3.93. The minimum Gasteiger partial charge on any atom is -0.317 e.